The van der Waals surface area contributed by atoms with Crippen LogP contribution in [0.1, 0.15) is 53.8 Å². The number of thioether (sulfide) groups is 1. The van der Waals surface area contributed by atoms with E-state index in [9.17, 15) is 14.9 Å². The van der Waals surface area contributed by atoms with Gasteiger partial charge in [-0.15, -0.1) is 23.1 Å². The lowest BCUT2D eigenvalue weighted by Crippen LogP contribution is -2.23. The van der Waals surface area contributed by atoms with Gasteiger partial charge in [0, 0.05) is 6.04 Å². The second-order valence-corrected chi connectivity index (χ2v) is 7.54. The number of esters is 1. The summed E-state index contributed by atoms with van der Waals surface area (Å²) in [5, 5.41) is 12.9. The number of hydrogen-bond acceptors (Lipinski definition) is 7. The summed E-state index contributed by atoms with van der Waals surface area (Å²) < 4.78 is 5.38. The summed E-state index contributed by atoms with van der Waals surface area (Å²) in [6, 6.07) is 2.49. The number of hydrogen-bond donors (Lipinski definition) is 1. The first kappa shape index (κ1) is 17.8. The van der Waals surface area contributed by atoms with Crippen LogP contribution in [0, 0.1) is 11.3 Å². The Hall–Kier alpha value is -1.52. The maximum absolute atomic E-state index is 12.4. The Kier molecular flexibility index (Phi) is 6.48. The SMILES string of the molecule is COC(=O)CC(=O)c1sc(SC)c(C#N)c1NC1CCCCC1. The molecular weight excluding hydrogens is 332 g/mol. The molecule has 124 valence electrons. The summed E-state index contributed by atoms with van der Waals surface area (Å²) in [7, 11) is 1.26. The second-order valence-electron chi connectivity index (χ2n) is 5.44. The maximum atomic E-state index is 12.4. The number of ether oxygens (including phenoxy) is 1. The summed E-state index contributed by atoms with van der Waals surface area (Å²) in [5.74, 6) is -0.854. The molecule has 1 fully saturated rings. The van der Waals surface area contributed by atoms with Gasteiger partial charge in [-0.1, -0.05) is 19.3 Å². The van der Waals surface area contributed by atoms with Crippen LogP contribution < -0.4 is 5.32 Å². The fourth-order valence-corrected chi connectivity index (χ4v) is 4.54. The molecule has 0 aliphatic heterocycles. The third-order valence-corrected chi connectivity index (χ3v) is 6.26. The van der Waals surface area contributed by atoms with Crippen molar-refractivity contribution in [3.63, 3.8) is 0 Å². The standard InChI is InChI=1S/C16H20N2O3S2/c1-21-13(20)8-12(19)15-14(11(9-17)16(22-2)23-15)18-10-6-4-3-5-7-10/h10,18H,3-8H2,1-2H3. The highest BCUT2D eigenvalue weighted by molar-refractivity contribution is 8.00. The molecule has 0 radical (unpaired) electrons. The van der Waals surface area contributed by atoms with Crippen molar-refractivity contribution < 1.29 is 14.3 Å². The normalized spacial score (nSPS) is 15.0. The van der Waals surface area contributed by atoms with Gasteiger partial charge in [-0.3, -0.25) is 9.59 Å². The largest absolute Gasteiger partial charge is 0.469 e. The van der Waals surface area contributed by atoms with Gasteiger partial charge in [0.05, 0.1) is 21.9 Å². The van der Waals surface area contributed by atoms with Crippen molar-refractivity contribution in [1.29, 1.82) is 5.26 Å². The molecule has 1 N–H and O–H groups in total. The number of nitriles is 1. The first-order chi connectivity index (χ1) is 11.1. The van der Waals surface area contributed by atoms with E-state index in [0.29, 0.717) is 16.1 Å². The molecule has 1 aromatic rings. The van der Waals surface area contributed by atoms with Gasteiger partial charge < -0.3 is 10.1 Å². The summed E-state index contributed by atoms with van der Waals surface area (Å²) in [6.07, 6.45) is 7.21. The minimum Gasteiger partial charge on any atom is -0.469 e. The van der Waals surface area contributed by atoms with Crippen molar-refractivity contribution in [2.45, 2.75) is 48.8 Å². The van der Waals surface area contributed by atoms with Crippen molar-refractivity contribution in [2.24, 2.45) is 0 Å². The molecule has 0 bridgehead atoms. The third-order valence-electron chi connectivity index (χ3n) is 3.91. The van der Waals surface area contributed by atoms with Crippen molar-refractivity contribution >= 4 is 40.5 Å². The summed E-state index contributed by atoms with van der Waals surface area (Å²) >= 11 is 2.73. The van der Waals surface area contributed by atoms with Crippen LogP contribution in [-0.2, 0) is 9.53 Å². The summed E-state index contributed by atoms with van der Waals surface area (Å²) in [6.45, 7) is 0. The van der Waals surface area contributed by atoms with Crippen LogP contribution in [0.5, 0.6) is 0 Å². The second kappa shape index (κ2) is 8.37. The zero-order valence-corrected chi connectivity index (χ0v) is 14.9. The molecule has 0 amide bonds. The summed E-state index contributed by atoms with van der Waals surface area (Å²) in [5.41, 5.74) is 1.11. The van der Waals surface area contributed by atoms with E-state index in [-0.39, 0.29) is 18.2 Å². The molecule has 5 nitrogen and oxygen atoms in total. The lowest BCUT2D eigenvalue weighted by Gasteiger charge is -2.24. The minimum absolute atomic E-state index is 0.282. The molecule has 1 heterocycles. The Morgan fingerprint density at radius 3 is 2.65 bits per heavy atom. The fraction of sp³-hybridized carbons (Fsp3) is 0.562. The Bertz CT molecular complexity index is 628. The van der Waals surface area contributed by atoms with Gasteiger partial charge >= 0.3 is 5.97 Å². The highest BCUT2D eigenvalue weighted by Gasteiger charge is 2.26. The topological polar surface area (TPSA) is 79.2 Å². The van der Waals surface area contributed by atoms with Gasteiger partial charge in [0.25, 0.3) is 0 Å². The number of rotatable bonds is 6. The monoisotopic (exact) mass is 352 g/mol. The van der Waals surface area contributed by atoms with E-state index in [2.05, 4.69) is 16.1 Å². The Labute approximate surface area is 144 Å². The van der Waals surface area contributed by atoms with E-state index in [0.717, 1.165) is 29.9 Å². The predicted molar refractivity (Wildman–Crippen MR) is 92.3 cm³/mol. The van der Waals surface area contributed by atoms with E-state index in [1.807, 2.05) is 6.26 Å². The molecule has 2 rings (SSSR count). The zero-order valence-electron chi connectivity index (χ0n) is 13.3. The zero-order chi connectivity index (χ0) is 16.8. The number of anilines is 1. The highest BCUT2D eigenvalue weighted by Crippen LogP contribution is 2.40. The number of methoxy groups -OCH3 is 1. The molecule has 1 aliphatic rings. The average molecular weight is 352 g/mol. The van der Waals surface area contributed by atoms with Crippen molar-refractivity contribution in [3.05, 3.63) is 10.4 Å². The number of thiophene rings is 1. The van der Waals surface area contributed by atoms with Crippen LogP contribution in [0.4, 0.5) is 5.69 Å². The smallest absolute Gasteiger partial charge is 0.313 e. The Balaban J connectivity index is 2.32. The molecule has 1 saturated carbocycles. The predicted octanol–water partition coefficient (Wildman–Crippen LogP) is 3.83. The van der Waals surface area contributed by atoms with Crippen LogP contribution in [0.2, 0.25) is 0 Å². The molecule has 0 unspecified atom stereocenters. The number of nitrogens with one attached hydrogen (secondary N) is 1. The van der Waals surface area contributed by atoms with Crippen molar-refractivity contribution in [3.8, 4) is 6.07 Å². The number of carbonyl (C=O) groups excluding carboxylic acids is 2. The van der Waals surface area contributed by atoms with Gasteiger partial charge in [-0.05, 0) is 19.1 Å². The van der Waals surface area contributed by atoms with Crippen LogP contribution >= 0.6 is 23.1 Å². The average Bonchev–Trinajstić information content (AvgIpc) is 2.93. The maximum Gasteiger partial charge on any atom is 0.313 e. The molecule has 0 aromatic carbocycles. The number of Topliss-reactive ketones (excluding diaryl/α,β-unsaturated/α-hetero) is 1. The van der Waals surface area contributed by atoms with E-state index in [4.69, 9.17) is 0 Å². The molecule has 7 heteroatoms. The van der Waals surface area contributed by atoms with E-state index in [1.54, 1.807) is 0 Å². The lowest BCUT2D eigenvalue weighted by atomic mass is 9.95. The van der Waals surface area contributed by atoms with E-state index >= 15 is 0 Å². The fourth-order valence-electron chi connectivity index (χ4n) is 2.72. The van der Waals surface area contributed by atoms with Gasteiger partial charge in [-0.25, -0.2) is 0 Å². The molecule has 0 spiro atoms. The molecular formula is C16H20N2O3S2. The number of ketones is 1. The quantitative estimate of drug-likeness (QED) is 0.363. The van der Waals surface area contributed by atoms with Gasteiger partial charge in [0.15, 0.2) is 5.78 Å². The van der Waals surface area contributed by atoms with Gasteiger partial charge in [0.1, 0.15) is 18.1 Å². The Morgan fingerprint density at radius 2 is 2.09 bits per heavy atom. The molecule has 0 saturated heterocycles. The summed E-state index contributed by atoms with van der Waals surface area (Å²) in [4.78, 5) is 24.3. The van der Waals surface area contributed by atoms with E-state index < -0.39 is 5.97 Å². The van der Waals surface area contributed by atoms with Gasteiger partial charge in [-0.2, -0.15) is 5.26 Å². The number of nitrogens with zero attached hydrogens (tertiary/aromatic N) is 1. The minimum atomic E-state index is -0.559. The van der Waals surface area contributed by atoms with Crippen molar-refractivity contribution in [2.75, 3.05) is 18.7 Å². The van der Waals surface area contributed by atoms with Crippen LogP contribution in [0.25, 0.3) is 0 Å². The van der Waals surface area contributed by atoms with Crippen LogP contribution in [0.15, 0.2) is 4.21 Å². The van der Waals surface area contributed by atoms with Crippen LogP contribution in [-0.4, -0.2) is 31.2 Å². The molecule has 23 heavy (non-hydrogen) atoms. The molecule has 0 atom stereocenters. The molecule has 1 aliphatic carbocycles. The van der Waals surface area contributed by atoms with Crippen LogP contribution in [0.3, 0.4) is 0 Å². The number of carbonyl (C=O) groups is 2. The van der Waals surface area contributed by atoms with Crippen molar-refractivity contribution in [1.82, 2.24) is 0 Å². The van der Waals surface area contributed by atoms with Gasteiger partial charge in [0.2, 0.25) is 0 Å². The highest BCUT2D eigenvalue weighted by atomic mass is 32.2. The lowest BCUT2D eigenvalue weighted by molar-refractivity contribution is -0.139. The third kappa shape index (κ3) is 4.27. The Morgan fingerprint density at radius 1 is 1.39 bits per heavy atom. The van der Waals surface area contributed by atoms with E-state index in [1.165, 1.54) is 36.6 Å². The first-order valence-corrected chi connectivity index (χ1v) is 9.62. The molecule has 1 aromatic heterocycles. The first-order valence-electron chi connectivity index (χ1n) is 7.58.